The van der Waals surface area contributed by atoms with Crippen LogP contribution in [-0.4, -0.2) is 29.7 Å². The molecule has 0 fully saturated rings. The Balaban J connectivity index is 2.16. The lowest BCUT2D eigenvalue weighted by molar-refractivity contribution is -0.392. The van der Waals surface area contributed by atoms with E-state index in [9.17, 15) is 22.9 Å². The van der Waals surface area contributed by atoms with E-state index in [1.54, 1.807) is 13.0 Å². The van der Waals surface area contributed by atoms with Gasteiger partial charge in [-0.1, -0.05) is 12.1 Å². The SMILES string of the molecule is CCn1cc(S(=O)(=O)N2CCc3cccc(F)c32)c([N+](=O)[O-])n1. The van der Waals surface area contributed by atoms with Gasteiger partial charge in [-0.25, -0.2) is 12.8 Å². The monoisotopic (exact) mass is 340 g/mol. The van der Waals surface area contributed by atoms with E-state index in [-0.39, 0.29) is 18.8 Å². The van der Waals surface area contributed by atoms with Crippen LogP contribution in [-0.2, 0) is 23.0 Å². The smallest absolute Gasteiger partial charge is 0.358 e. The van der Waals surface area contributed by atoms with Crippen molar-refractivity contribution in [3.8, 4) is 0 Å². The molecule has 0 unspecified atom stereocenters. The van der Waals surface area contributed by atoms with Gasteiger partial charge < -0.3 is 10.1 Å². The lowest BCUT2D eigenvalue weighted by Crippen LogP contribution is -2.30. The first-order valence-corrected chi connectivity index (χ1v) is 8.32. The number of nitrogens with zero attached hydrogens (tertiary/aromatic N) is 4. The average Bonchev–Trinajstić information content (AvgIpc) is 3.12. The van der Waals surface area contributed by atoms with Gasteiger partial charge in [0, 0.05) is 6.54 Å². The molecule has 0 aliphatic carbocycles. The molecule has 0 saturated heterocycles. The van der Waals surface area contributed by atoms with Crippen LogP contribution in [0.2, 0.25) is 0 Å². The molecular formula is C13H13FN4O4S. The fraction of sp³-hybridized carbons (Fsp3) is 0.308. The van der Waals surface area contributed by atoms with E-state index in [4.69, 9.17) is 0 Å². The number of hydrogen-bond donors (Lipinski definition) is 0. The van der Waals surface area contributed by atoms with Gasteiger partial charge in [-0.05, 0) is 29.9 Å². The molecule has 0 amide bonds. The van der Waals surface area contributed by atoms with Crippen LogP contribution in [0.15, 0.2) is 29.3 Å². The van der Waals surface area contributed by atoms with Gasteiger partial charge in [0.05, 0.1) is 23.5 Å². The van der Waals surface area contributed by atoms with Crippen molar-refractivity contribution in [2.24, 2.45) is 0 Å². The molecule has 23 heavy (non-hydrogen) atoms. The van der Waals surface area contributed by atoms with E-state index >= 15 is 0 Å². The summed E-state index contributed by atoms with van der Waals surface area (Å²) in [6, 6.07) is 4.30. The molecule has 0 N–H and O–H groups in total. The maximum atomic E-state index is 14.1. The minimum atomic E-state index is -4.27. The highest BCUT2D eigenvalue weighted by atomic mass is 32.2. The van der Waals surface area contributed by atoms with Gasteiger partial charge in [0.15, 0.2) is 0 Å². The van der Waals surface area contributed by atoms with E-state index in [2.05, 4.69) is 5.10 Å². The Labute approximate surface area is 131 Å². The fourth-order valence-corrected chi connectivity index (χ4v) is 4.21. The Morgan fingerprint density at radius 1 is 1.43 bits per heavy atom. The normalized spacial score (nSPS) is 14.1. The summed E-state index contributed by atoms with van der Waals surface area (Å²) < 4.78 is 41.7. The van der Waals surface area contributed by atoms with Crippen molar-refractivity contribution in [2.75, 3.05) is 10.8 Å². The van der Waals surface area contributed by atoms with Gasteiger partial charge in [0.2, 0.25) is 4.90 Å². The van der Waals surface area contributed by atoms with Crippen molar-refractivity contribution in [2.45, 2.75) is 24.8 Å². The molecule has 0 bridgehead atoms. The third-order valence-electron chi connectivity index (χ3n) is 3.68. The molecule has 1 aromatic heterocycles. The Hall–Kier alpha value is -2.49. The second kappa shape index (κ2) is 5.30. The molecule has 2 heterocycles. The Bertz CT molecular complexity index is 893. The number of nitro groups is 1. The summed E-state index contributed by atoms with van der Waals surface area (Å²) in [5, 5.41) is 14.8. The van der Waals surface area contributed by atoms with E-state index in [1.165, 1.54) is 10.7 Å². The van der Waals surface area contributed by atoms with E-state index in [1.807, 2.05) is 0 Å². The number of benzene rings is 1. The van der Waals surface area contributed by atoms with Crippen LogP contribution in [0.25, 0.3) is 0 Å². The first-order valence-electron chi connectivity index (χ1n) is 6.88. The van der Waals surface area contributed by atoms with Crippen LogP contribution in [0.5, 0.6) is 0 Å². The molecular weight excluding hydrogens is 327 g/mol. The highest BCUT2D eigenvalue weighted by molar-refractivity contribution is 7.93. The van der Waals surface area contributed by atoms with Crippen LogP contribution >= 0.6 is 0 Å². The lowest BCUT2D eigenvalue weighted by atomic mass is 10.2. The minimum Gasteiger partial charge on any atom is -0.358 e. The molecule has 0 atom stereocenters. The molecule has 1 aromatic carbocycles. The van der Waals surface area contributed by atoms with Crippen LogP contribution in [0.4, 0.5) is 15.9 Å². The highest BCUT2D eigenvalue weighted by Gasteiger charge is 2.39. The van der Waals surface area contributed by atoms with Crippen LogP contribution in [0.3, 0.4) is 0 Å². The molecule has 0 spiro atoms. The van der Waals surface area contributed by atoms with E-state index in [0.717, 1.165) is 16.6 Å². The zero-order valence-corrected chi connectivity index (χ0v) is 13.0. The first kappa shape index (κ1) is 15.4. The molecule has 0 saturated carbocycles. The average molecular weight is 340 g/mol. The van der Waals surface area contributed by atoms with Crippen LogP contribution < -0.4 is 4.31 Å². The van der Waals surface area contributed by atoms with Gasteiger partial charge in [0.1, 0.15) is 5.82 Å². The van der Waals surface area contributed by atoms with Crippen LogP contribution in [0, 0.1) is 15.9 Å². The number of halogens is 1. The minimum absolute atomic E-state index is 0.0348. The molecule has 122 valence electrons. The molecule has 0 radical (unpaired) electrons. The van der Waals surface area contributed by atoms with Crippen molar-refractivity contribution in [1.29, 1.82) is 0 Å². The summed E-state index contributed by atoms with van der Waals surface area (Å²) in [6.45, 7) is 1.99. The molecule has 10 heteroatoms. The number of para-hydroxylation sites is 1. The van der Waals surface area contributed by atoms with Gasteiger partial charge in [0.25, 0.3) is 10.0 Å². The summed E-state index contributed by atoms with van der Waals surface area (Å²) in [5.41, 5.74) is 0.505. The summed E-state index contributed by atoms with van der Waals surface area (Å²) in [4.78, 5) is 9.72. The summed E-state index contributed by atoms with van der Waals surface area (Å²) in [7, 11) is -4.27. The lowest BCUT2D eigenvalue weighted by Gasteiger charge is -2.18. The second-order valence-electron chi connectivity index (χ2n) is 5.00. The zero-order valence-electron chi connectivity index (χ0n) is 12.1. The quantitative estimate of drug-likeness (QED) is 0.623. The molecule has 1 aliphatic heterocycles. The first-order chi connectivity index (χ1) is 10.9. The molecule has 8 nitrogen and oxygen atoms in total. The molecule has 1 aliphatic rings. The molecule has 3 rings (SSSR count). The van der Waals surface area contributed by atoms with Gasteiger partial charge in [-0.2, -0.15) is 4.68 Å². The van der Waals surface area contributed by atoms with Crippen molar-refractivity contribution in [3.63, 3.8) is 0 Å². The topological polar surface area (TPSA) is 98.3 Å². The van der Waals surface area contributed by atoms with E-state index < -0.39 is 31.5 Å². The van der Waals surface area contributed by atoms with Crippen molar-refractivity contribution < 1.29 is 17.7 Å². The maximum absolute atomic E-state index is 14.1. The maximum Gasteiger partial charge on any atom is 0.410 e. The van der Waals surface area contributed by atoms with Crippen LogP contribution in [0.1, 0.15) is 12.5 Å². The second-order valence-corrected chi connectivity index (χ2v) is 6.84. The van der Waals surface area contributed by atoms with Gasteiger partial charge >= 0.3 is 5.82 Å². The number of rotatable bonds is 4. The summed E-state index contributed by atoms with van der Waals surface area (Å²) in [6.07, 6.45) is 1.45. The number of sulfonamides is 1. The predicted octanol–water partition coefficient (Wildman–Crippen LogP) is 1.70. The van der Waals surface area contributed by atoms with Gasteiger partial charge in [-0.3, -0.25) is 4.31 Å². The number of anilines is 1. The third kappa shape index (κ3) is 2.34. The Kier molecular flexibility index (Phi) is 3.55. The Morgan fingerprint density at radius 2 is 2.17 bits per heavy atom. The number of fused-ring (bicyclic) bond motifs is 1. The van der Waals surface area contributed by atoms with Crippen molar-refractivity contribution in [1.82, 2.24) is 9.78 Å². The fourth-order valence-electron chi connectivity index (χ4n) is 2.60. The standard InChI is InChI=1S/C13H13FN4O4S/c1-2-16-8-11(13(15-16)18(19)20)23(21,22)17-7-6-9-4-3-5-10(14)12(9)17/h3-5,8H,2,6-7H2,1H3. The number of hydrogen-bond acceptors (Lipinski definition) is 5. The van der Waals surface area contributed by atoms with E-state index in [0.29, 0.717) is 12.0 Å². The Morgan fingerprint density at radius 3 is 2.83 bits per heavy atom. The third-order valence-corrected chi connectivity index (χ3v) is 5.47. The van der Waals surface area contributed by atoms with Crippen molar-refractivity contribution in [3.05, 3.63) is 45.9 Å². The summed E-state index contributed by atoms with van der Waals surface area (Å²) >= 11 is 0. The zero-order chi connectivity index (χ0) is 16.8. The summed E-state index contributed by atoms with van der Waals surface area (Å²) in [5.74, 6) is -1.43. The number of aromatic nitrogens is 2. The van der Waals surface area contributed by atoms with Crippen molar-refractivity contribution >= 4 is 21.5 Å². The number of aryl methyl sites for hydroxylation is 1. The molecule has 2 aromatic rings. The van der Waals surface area contributed by atoms with Gasteiger partial charge in [-0.15, -0.1) is 0 Å². The largest absolute Gasteiger partial charge is 0.410 e. The highest BCUT2D eigenvalue weighted by Crippen LogP contribution is 2.36. The predicted molar refractivity (Wildman–Crippen MR) is 79.2 cm³/mol.